The standard InChI is InChI=1S/C9H7NO5/c11-6(8(12)13)7-5-4(9(14)15-7)2-1-3-10-5/h1-3,6-7,11H,(H,12,13). The number of hydrogen-bond acceptors (Lipinski definition) is 5. The fourth-order valence-corrected chi connectivity index (χ4v) is 1.39. The SMILES string of the molecule is O=C1OC(C(O)C(=O)O)c2ncccc21. The van der Waals surface area contributed by atoms with Crippen LogP contribution in [0.4, 0.5) is 0 Å². The Bertz CT molecular complexity index is 430. The maximum atomic E-state index is 11.2. The molecule has 0 fully saturated rings. The van der Waals surface area contributed by atoms with Crippen LogP contribution < -0.4 is 0 Å². The number of aliphatic hydroxyl groups excluding tert-OH is 1. The van der Waals surface area contributed by atoms with Gasteiger partial charge in [0.15, 0.2) is 12.2 Å². The van der Waals surface area contributed by atoms with Gasteiger partial charge in [-0.15, -0.1) is 0 Å². The van der Waals surface area contributed by atoms with E-state index in [2.05, 4.69) is 4.98 Å². The van der Waals surface area contributed by atoms with Gasteiger partial charge in [-0.25, -0.2) is 9.59 Å². The van der Waals surface area contributed by atoms with Crippen LogP contribution >= 0.6 is 0 Å². The normalized spacial score (nSPS) is 20.6. The fraction of sp³-hybridized carbons (Fsp3) is 0.222. The highest BCUT2D eigenvalue weighted by Crippen LogP contribution is 2.30. The lowest BCUT2D eigenvalue weighted by Crippen LogP contribution is -2.28. The molecular weight excluding hydrogens is 202 g/mol. The second kappa shape index (κ2) is 3.32. The van der Waals surface area contributed by atoms with Crippen LogP contribution in [0.1, 0.15) is 22.2 Å². The number of hydrogen-bond donors (Lipinski definition) is 2. The monoisotopic (exact) mass is 209 g/mol. The van der Waals surface area contributed by atoms with E-state index in [0.29, 0.717) is 0 Å². The molecule has 0 spiro atoms. The summed E-state index contributed by atoms with van der Waals surface area (Å²) in [4.78, 5) is 25.6. The molecule has 2 N–H and O–H groups in total. The van der Waals surface area contributed by atoms with Crippen molar-refractivity contribution in [1.82, 2.24) is 4.98 Å². The number of nitrogens with zero attached hydrogens (tertiary/aromatic N) is 1. The summed E-state index contributed by atoms with van der Waals surface area (Å²) in [5.74, 6) is -2.12. The molecule has 1 aromatic rings. The summed E-state index contributed by atoms with van der Waals surface area (Å²) in [5, 5.41) is 17.9. The number of carboxylic acids is 1. The van der Waals surface area contributed by atoms with Gasteiger partial charge < -0.3 is 14.9 Å². The van der Waals surface area contributed by atoms with Gasteiger partial charge >= 0.3 is 11.9 Å². The van der Waals surface area contributed by atoms with Crippen molar-refractivity contribution in [3.63, 3.8) is 0 Å². The Hall–Kier alpha value is -1.95. The summed E-state index contributed by atoms with van der Waals surface area (Å²) in [6.45, 7) is 0. The minimum atomic E-state index is -1.79. The first kappa shape index (κ1) is 9.60. The minimum Gasteiger partial charge on any atom is -0.479 e. The van der Waals surface area contributed by atoms with Crippen molar-refractivity contribution in [1.29, 1.82) is 0 Å². The molecule has 2 rings (SSSR count). The Morgan fingerprint density at radius 1 is 1.60 bits per heavy atom. The first-order valence-corrected chi connectivity index (χ1v) is 4.18. The summed E-state index contributed by atoms with van der Waals surface area (Å²) in [6, 6.07) is 3.01. The van der Waals surface area contributed by atoms with E-state index in [0.717, 1.165) is 0 Å². The molecule has 0 bridgehead atoms. The molecule has 0 saturated carbocycles. The van der Waals surface area contributed by atoms with Gasteiger partial charge in [-0.3, -0.25) is 4.98 Å². The highest BCUT2D eigenvalue weighted by molar-refractivity contribution is 5.94. The molecule has 15 heavy (non-hydrogen) atoms. The largest absolute Gasteiger partial charge is 0.479 e. The zero-order valence-electron chi connectivity index (χ0n) is 7.45. The number of rotatable bonds is 2. The third-order valence-corrected chi connectivity index (χ3v) is 2.10. The van der Waals surface area contributed by atoms with Crippen molar-refractivity contribution in [3.05, 3.63) is 29.6 Å². The highest BCUT2D eigenvalue weighted by Gasteiger charge is 2.40. The number of carbonyl (C=O) groups excluding carboxylic acids is 1. The van der Waals surface area contributed by atoms with E-state index in [-0.39, 0.29) is 11.3 Å². The molecule has 0 amide bonds. The number of ether oxygens (including phenoxy) is 1. The Balaban J connectivity index is 2.40. The van der Waals surface area contributed by atoms with E-state index < -0.39 is 24.1 Å². The van der Waals surface area contributed by atoms with Crippen molar-refractivity contribution >= 4 is 11.9 Å². The molecule has 2 atom stereocenters. The number of fused-ring (bicyclic) bond motifs is 1. The van der Waals surface area contributed by atoms with Gasteiger partial charge in [0.2, 0.25) is 0 Å². The van der Waals surface area contributed by atoms with E-state index in [1.165, 1.54) is 18.3 Å². The summed E-state index contributed by atoms with van der Waals surface area (Å²) >= 11 is 0. The number of pyridine rings is 1. The number of carbonyl (C=O) groups is 2. The van der Waals surface area contributed by atoms with Gasteiger partial charge in [-0.05, 0) is 12.1 Å². The molecule has 0 aromatic carbocycles. The number of esters is 1. The smallest absolute Gasteiger partial charge is 0.340 e. The molecule has 6 nitrogen and oxygen atoms in total. The van der Waals surface area contributed by atoms with Crippen LogP contribution in [-0.2, 0) is 9.53 Å². The third kappa shape index (κ3) is 1.44. The molecule has 6 heteroatoms. The predicted molar refractivity (Wildman–Crippen MR) is 46.0 cm³/mol. The molecule has 1 aliphatic heterocycles. The quantitative estimate of drug-likeness (QED) is 0.651. The van der Waals surface area contributed by atoms with Crippen molar-refractivity contribution in [2.24, 2.45) is 0 Å². The number of aliphatic carboxylic acids is 1. The molecule has 1 aliphatic rings. The third-order valence-electron chi connectivity index (χ3n) is 2.10. The zero-order valence-corrected chi connectivity index (χ0v) is 7.45. The predicted octanol–water partition coefficient (Wildman–Crippen LogP) is -0.261. The van der Waals surface area contributed by atoms with Gasteiger partial charge in [0.25, 0.3) is 0 Å². The Morgan fingerprint density at radius 3 is 3.00 bits per heavy atom. The van der Waals surface area contributed by atoms with Crippen LogP contribution in [0.5, 0.6) is 0 Å². The number of aliphatic hydroxyl groups is 1. The first-order chi connectivity index (χ1) is 7.11. The Kier molecular flexibility index (Phi) is 2.12. The zero-order chi connectivity index (χ0) is 11.0. The first-order valence-electron chi connectivity index (χ1n) is 4.18. The van der Waals surface area contributed by atoms with E-state index >= 15 is 0 Å². The van der Waals surface area contributed by atoms with Crippen LogP contribution in [0.2, 0.25) is 0 Å². The molecule has 0 saturated heterocycles. The molecular formula is C9H7NO5. The maximum Gasteiger partial charge on any atom is 0.340 e. The molecule has 78 valence electrons. The van der Waals surface area contributed by atoms with Crippen molar-refractivity contribution in [2.45, 2.75) is 12.2 Å². The Labute approximate surface area is 84.1 Å². The van der Waals surface area contributed by atoms with Crippen molar-refractivity contribution in [2.75, 3.05) is 0 Å². The molecule has 0 aliphatic carbocycles. The van der Waals surface area contributed by atoms with Crippen molar-refractivity contribution < 1.29 is 24.5 Å². The number of aromatic nitrogens is 1. The van der Waals surface area contributed by atoms with Gasteiger partial charge in [-0.1, -0.05) is 0 Å². The van der Waals surface area contributed by atoms with E-state index in [1.54, 1.807) is 0 Å². The average Bonchev–Trinajstić information content (AvgIpc) is 2.56. The average molecular weight is 209 g/mol. The van der Waals surface area contributed by atoms with Crippen LogP contribution in [0.3, 0.4) is 0 Å². The van der Waals surface area contributed by atoms with Gasteiger partial charge in [0.1, 0.15) is 0 Å². The molecule has 2 unspecified atom stereocenters. The molecule has 0 radical (unpaired) electrons. The summed E-state index contributed by atoms with van der Waals surface area (Å²) < 4.78 is 4.72. The number of carboxylic acid groups (broad SMARTS) is 1. The van der Waals surface area contributed by atoms with E-state index in [9.17, 15) is 14.7 Å². The topological polar surface area (TPSA) is 96.7 Å². The van der Waals surface area contributed by atoms with Crippen LogP contribution in [0.25, 0.3) is 0 Å². The Morgan fingerprint density at radius 2 is 2.33 bits per heavy atom. The minimum absolute atomic E-state index is 0.164. The van der Waals surface area contributed by atoms with Crippen LogP contribution in [-0.4, -0.2) is 33.2 Å². The van der Waals surface area contributed by atoms with Gasteiger partial charge in [0, 0.05) is 6.20 Å². The second-order valence-electron chi connectivity index (χ2n) is 3.05. The summed E-state index contributed by atoms with van der Waals surface area (Å²) in [6.07, 6.45) is -1.60. The van der Waals surface area contributed by atoms with Gasteiger partial charge in [-0.2, -0.15) is 0 Å². The van der Waals surface area contributed by atoms with Gasteiger partial charge in [0.05, 0.1) is 11.3 Å². The summed E-state index contributed by atoms with van der Waals surface area (Å²) in [7, 11) is 0. The lowest BCUT2D eigenvalue weighted by Gasteiger charge is -2.12. The number of cyclic esters (lactones) is 1. The highest BCUT2D eigenvalue weighted by atomic mass is 16.6. The molecule has 1 aromatic heterocycles. The summed E-state index contributed by atoms with van der Waals surface area (Å²) in [5.41, 5.74) is 0.361. The van der Waals surface area contributed by atoms with Crippen LogP contribution in [0.15, 0.2) is 18.3 Å². The maximum absolute atomic E-state index is 11.2. The fourth-order valence-electron chi connectivity index (χ4n) is 1.39. The lowest BCUT2D eigenvalue weighted by atomic mass is 10.1. The van der Waals surface area contributed by atoms with E-state index in [4.69, 9.17) is 9.84 Å². The van der Waals surface area contributed by atoms with Crippen molar-refractivity contribution in [3.8, 4) is 0 Å². The van der Waals surface area contributed by atoms with Crippen LogP contribution in [0, 0.1) is 0 Å². The molecule has 2 heterocycles. The second-order valence-corrected chi connectivity index (χ2v) is 3.05. The lowest BCUT2D eigenvalue weighted by molar-refractivity contribution is -0.152. The van der Waals surface area contributed by atoms with E-state index in [1.807, 2.05) is 0 Å².